The van der Waals surface area contributed by atoms with Gasteiger partial charge in [-0.3, -0.25) is 9.59 Å². The maximum Gasteiger partial charge on any atom is 0.352 e. The molecule has 0 bridgehead atoms. The average molecular weight is 372 g/mol. The largest absolute Gasteiger partial charge is 0.478 e. The molecule has 1 saturated carbocycles. The van der Waals surface area contributed by atoms with Crippen molar-refractivity contribution in [2.24, 2.45) is 17.8 Å². The molecule has 0 saturated heterocycles. The molecule has 1 fully saturated rings. The fourth-order valence-corrected chi connectivity index (χ4v) is 3.30. The van der Waals surface area contributed by atoms with Gasteiger partial charge in [-0.25, -0.2) is 9.59 Å². The Kier molecular flexibility index (Phi) is 8.05. The summed E-state index contributed by atoms with van der Waals surface area (Å²) in [5.74, 6) is -3.63. The van der Waals surface area contributed by atoms with E-state index in [-0.39, 0.29) is 11.8 Å². The molecule has 1 aliphatic rings. The predicted octanol–water partition coefficient (Wildman–Crippen LogP) is 1.94. The molecule has 26 heavy (non-hydrogen) atoms. The third kappa shape index (κ3) is 6.31. The molecule has 1 rings (SSSR count). The topological polar surface area (TPSA) is 116 Å². The summed E-state index contributed by atoms with van der Waals surface area (Å²) >= 11 is 0. The molecule has 0 amide bonds. The Hall–Kier alpha value is -2.12. The Labute approximate surface area is 153 Å². The van der Waals surface area contributed by atoms with Gasteiger partial charge in [0.05, 0.1) is 0 Å². The summed E-state index contributed by atoms with van der Waals surface area (Å²) in [6.45, 7) is 8.16. The van der Waals surface area contributed by atoms with Gasteiger partial charge in [-0.15, -0.1) is 0 Å². The zero-order valence-corrected chi connectivity index (χ0v) is 15.9. The summed E-state index contributed by atoms with van der Waals surface area (Å²) in [6.07, 6.45) is -1.65. The highest BCUT2D eigenvalue weighted by atomic mass is 16.6. The molecule has 5 atom stereocenters. The fraction of sp³-hybridized carbons (Fsp3) is 0.778. The van der Waals surface area contributed by atoms with E-state index in [2.05, 4.69) is 11.7 Å². The minimum Gasteiger partial charge on any atom is -0.478 e. The summed E-state index contributed by atoms with van der Waals surface area (Å²) in [5, 5.41) is 9.27. The molecule has 0 aromatic carbocycles. The number of carbonyl (C=O) groups is 4. The number of hydrogen-bond donors (Lipinski definition) is 1. The van der Waals surface area contributed by atoms with E-state index in [1.54, 1.807) is 0 Å². The van der Waals surface area contributed by atoms with Crippen LogP contribution in [0.5, 0.6) is 0 Å². The van der Waals surface area contributed by atoms with Gasteiger partial charge < -0.3 is 19.3 Å². The van der Waals surface area contributed by atoms with Gasteiger partial charge in [-0.05, 0) is 30.6 Å². The Balaban J connectivity index is 3.01. The van der Waals surface area contributed by atoms with E-state index in [1.165, 1.54) is 0 Å². The third-order valence-corrected chi connectivity index (χ3v) is 4.57. The molecule has 0 aromatic rings. The Bertz CT molecular complexity index is 541. The normalized spacial score (nSPS) is 25.1. The standard InChI is InChI=1S/C18H28O8/c1-9(2)13-7-6-10(3)8-14(13)26-18(23)16(25-12(5)20)15(17(21)22)24-11(4)19/h9-10,13-16H,6-8H2,1-5H3,(H,21,22)/t10?,13?,14?,15-,16-/m1/s1. The number of hydrogen-bond acceptors (Lipinski definition) is 7. The summed E-state index contributed by atoms with van der Waals surface area (Å²) in [5.41, 5.74) is 0. The van der Waals surface area contributed by atoms with Crippen LogP contribution in [-0.2, 0) is 33.4 Å². The average Bonchev–Trinajstić information content (AvgIpc) is 2.49. The van der Waals surface area contributed by atoms with Gasteiger partial charge in [0, 0.05) is 13.8 Å². The molecule has 8 nitrogen and oxygen atoms in total. The van der Waals surface area contributed by atoms with Gasteiger partial charge in [-0.1, -0.05) is 27.2 Å². The second-order valence-electron chi connectivity index (χ2n) is 7.20. The zero-order valence-electron chi connectivity index (χ0n) is 15.9. The van der Waals surface area contributed by atoms with Crippen molar-refractivity contribution in [1.29, 1.82) is 0 Å². The molecule has 0 aliphatic heterocycles. The van der Waals surface area contributed by atoms with Gasteiger partial charge in [0.1, 0.15) is 6.10 Å². The van der Waals surface area contributed by atoms with Crippen LogP contribution in [-0.4, -0.2) is 47.3 Å². The van der Waals surface area contributed by atoms with Crippen molar-refractivity contribution >= 4 is 23.9 Å². The van der Waals surface area contributed by atoms with Crippen LogP contribution in [0, 0.1) is 17.8 Å². The van der Waals surface area contributed by atoms with Crippen molar-refractivity contribution in [3.8, 4) is 0 Å². The van der Waals surface area contributed by atoms with E-state index in [9.17, 15) is 24.3 Å². The van der Waals surface area contributed by atoms with Crippen molar-refractivity contribution < 1.29 is 38.5 Å². The highest BCUT2D eigenvalue weighted by Crippen LogP contribution is 2.35. The van der Waals surface area contributed by atoms with E-state index in [1.807, 2.05) is 13.8 Å². The first-order valence-electron chi connectivity index (χ1n) is 8.80. The van der Waals surface area contributed by atoms with Crippen molar-refractivity contribution in [2.45, 2.75) is 72.2 Å². The molecule has 0 radical (unpaired) electrons. The molecule has 8 heteroatoms. The minimum absolute atomic E-state index is 0.130. The maximum absolute atomic E-state index is 12.6. The van der Waals surface area contributed by atoms with E-state index < -0.39 is 42.2 Å². The van der Waals surface area contributed by atoms with Crippen molar-refractivity contribution in [3.63, 3.8) is 0 Å². The van der Waals surface area contributed by atoms with Gasteiger partial charge in [-0.2, -0.15) is 0 Å². The van der Waals surface area contributed by atoms with Crippen LogP contribution in [0.1, 0.15) is 53.9 Å². The first kappa shape index (κ1) is 21.9. The smallest absolute Gasteiger partial charge is 0.352 e. The molecule has 148 valence electrons. The second-order valence-corrected chi connectivity index (χ2v) is 7.20. The quantitative estimate of drug-likeness (QED) is 0.532. The van der Waals surface area contributed by atoms with E-state index >= 15 is 0 Å². The molecular formula is C18H28O8. The van der Waals surface area contributed by atoms with Crippen LogP contribution in [0.4, 0.5) is 0 Å². The second kappa shape index (κ2) is 9.54. The van der Waals surface area contributed by atoms with E-state index in [0.29, 0.717) is 12.3 Å². The van der Waals surface area contributed by atoms with Gasteiger partial charge in [0.25, 0.3) is 0 Å². The lowest BCUT2D eigenvalue weighted by atomic mass is 9.75. The zero-order chi connectivity index (χ0) is 20.0. The van der Waals surface area contributed by atoms with Crippen LogP contribution >= 0.6 is 0 Å². The van der Waals surface area contributed by atoms with Gasteiger partial charge in [0.2, 0.25) is 12.2 Å². The highest BCUT2D eigenvalue weighted by Gasteiger charge is 2.43. The summed E-state index contributed by atoms with van der Waals surface area (Å²) in [7, 11) is 0. The van der Waals surface area contributed by atoms with Crippen molar-refractivity contribution in [2.75, 3.05) is 0 Å². The van der Waals surface area contributed by atoms with Crippen LogP contribution in [0.15, 0.2) is 0 Å². The molecule has 1 aliphatic carbocycles. The fourth-order valence-electron chi connectivity index (χ4n) is 3.30. The number of esters is 3. The maximum atomic E-state index is 12.6. The molecular weight excluding hydrogens is 344 g/mol. The Morgan fingerprint density at radius 2 is 1.50 bits per heavy atom. The monoisotopic (exact) mass is 372 g/mol. The van der Waals surface area contributed by atoms with E-state index in [0.717, 1.165) is 26.7 Å². The van der Waals surface area contributed by atoms with E-state index in [4.69, 9.17) is 9.47 Å². The molecule has 0 spiro atoms. The SMILES string of the molecule is CC(=O)O[C@@H](C(=O)O)[C@@H](OC(C)=O)C(=O)OC1CC(C)CCC1C(C)C. The lowest BCUT2D eigenvalue weighted by molar-refractivity contribution is -0.193. The summed E-state index contributed by atoms with van der Waals surface area (Å²) in [6, 6.07) is 0. The predicted molar refractivity (Wildman–Crippen MR) is 90.0 cm³/mol. The number of carboxylic acid groups (broad SMARTS) is 1. The van der Waals surface area contributed by atoms with Gasteiger partial charge in [0.15, 0.2) is 0 Å². The number of ether oxygens (including phenoxy) is 3. The Morgan fingerprint density at radius 3 is 1.96 bits per heavy atom. The lowest BCUT2D eigenvalue weighted by Crippen LogP contribution is -2.48. The van der Waals surface area contributed by atoms with Gasteiger partial charge >= 0.3 is 23.9 Å². The molecule has 1 N–H and O–H groups in total. The van der Waals surface area contributed by atoms with Crippen LogP contribution in [0.2, 0.25) is 0 Å². The third-order valence-electron chi connectivity index (χ3n) is 4.57. The van der Waals surface area contributed by atoms with Crippen LogP contribution in [0.25, 0.3) is 0 Å². The first-order chi connectivity index (χ1) is 12.0. The molecule has 0 heterocycles. The highest BCUT2D eigenvalue weighted by molar-refractivity contribution is 5.88. The molecule has 3 unspecified atom stereocenters. The molecule has 0 aromatic heterocycles. The first-order valence-corrected chi connectivity index (χ1v) is 8.80. The summed E-state index contributed by atoms with van der Waals surface area (Å²) in [4.78, 5) is 46.5. The van der Waals surface area contributed by atoms with Crippen molar-refractivity contribution in [1.82, 2.24) is 0 Å². The number of carbonyl (C=O) groups excluding carboxylic acids is 3. The minimum atomic E-state index is -1.96. The Morgan fingerprint density at radius 1 is 0.962 bits per heavy atom. The number of carboxylic acids is 1. The van der Waals surface area contributed by atoms with Crippen LogP contribution < -0.4 is 0 Å². The number of aliphatic carboxylic acids is 1. The van der Waals surface area contributed by atoms with Crippen LogP contribution in [0.3, 0.4) is 0 Å². The lowest BCUT2D eigenvalue weighted by Gasteiger charge is -2.37. The summed E-state index contributed by atoms with van der Waals surface area (Å²) < 4.78 is 15.0. The van der Waals surface area contributed by atoms with Crippen molar-refractivity contribution in [3.05, 3.63) is 0 Å². The number of rotatable bonds is 7.